The number of nitrogen functional groups attached to an aromatic ring is 1. The van der Waals surface area contributed by atoms with Crippen molar-refractivity contribution in [3.05, 3.63) is 70.4 Å². The highest BCUT2D eigenvalue weighted by Crippen LogP contribution is 2.34. The lowest BCUT2D eigenvalue weighted by Crippen LogP contribution is -2.29. The zero-order valence-electron chi connectivity index (χ0n) is 23.4. The maximum atomic E-state index is 12.4. The molecule has 0 bridgehead atoms. The highest BCUT2D eigenvalue weighted by atomic mass is 35.5. The molecular formula is C32H42ClN5O. The summed E-state index contributed by atoms with van der Waals surface area (Å²) in [5, 5.41) is 8.70. The fourth-order valence-corrected chi connectivity index (χ4v) is 5.58. The van der Waals surface area contributed by atoms with Crippen LogP contribution in [0.1, 0.15) is 62.3 Å². The molecule has 0 spiro atoms. The van der Waals surface area contributed by atoms with Crippen molar-refractivity contribution >= 4 is 45.4 Å². The van der Waals surface area contributed by atoms with Crippen molar-refractivity contribution in [3.8, 4) is 0 Å². The van der Waals surface area contributed by atoms with E-state index in [0.29, 0.717) is 19.4 Å². The summed E-state index contributed by atoms with van der Waals surface area (Å²) in [4.78, 5) is 19.6. The highest BCUT2D eigenvalue weighted by molar-refractivity contribution is 6.31. The van der Waals surface area contributed by atoms with Gasteiger partial charge in [0, 0.05) is 52.6 Å². The first-order valence-electron chi connectivity index (χ1n) is 14.3. The summed E-state index contributed by atoms with van der Waals surface area (Å²) in [6, 6.07) is 13.8. The van der Waals surface area contributed by atoms with Gasteiger partial charge in [-0.05, 0) is 107 Å². The summed E-state index contributed by atoms with van der Waals surface area (Å²) in [6.45, 7) is 5.55. The smallest absolute Gasteiger partial charge is 0.220 e. The van der Waals surface area contributed by atoms with Crippen LogP contribution in [0.25, 0.3) is 16.5 Å². The number of carbonyl (C=O) groups excluding carboxylic acids is 1. The average Bonchev–Trinajstić information content (AvgIpc) is 2.94. The van der Waals surface area contributed by atoms with Crippen molar-refractivity contribution < 1.29 is 4.79 Å². The molecule has 2 aromatic carbocycles. The molecule has 0 unspecified atom stereocenters. The van der Waals surface area contributed by atoms with Crippen LogP contribution < -0.4 is 16.4 Å². The molecule has 208 valence electrons. The van der Waals surface area contributed by atoms with Crippen molar-refractivity contribution in [2.45, 2.75) is 58.3 Å². The lowest BCUT2D eigenvalue weighted by Gasteiger charge is -2.22. The van der Waals surface area contributed by atoms with Crippen LogP contribution in [0.15, 0.2) is 48.5 Å². The minimum atomic E-state index is 0.0879. The van der Waals surface area contributed by atoms with Crippen LogP contribution in [0, 0.1) is 0 Å². The van der Waals surface area contributed by atoms with E-state index in [1.807, 2.05) is 49.4 Å². The summed E-state index contributed by atoms with van der Waals surface area (Å²) < 4.78 is 0. The molecule has 1 heterocycles. The Bertz CT molecular complexity index is 1310. The van der Waals surface area contributed by atoms with E-state index in [4.69, 9.17) is 22.3 Å². The van der Waals surface area contributed by atoms with Gasteiger partial charge in [-0.1, -0.05) is 35.9 Å². The van der Waals surface area contributed by atoms with Crippen LogP contribution >= 0.6 is 11.6 Å². The number of pyridine rings is 1. The zero-order valence-corrected chi connectivity index (χ0v) is 24.1. The maximum Gasteiger partial charge on any atom is 0.220 e. The molecule has 39 heavy (non-hydrogen) atoms. The maximum absolute atomic E-state index is 12.4. The van der Waals surface area contributed by atoms with E-state index in [1.165, 1.54) is 29.8 Å². The van der Waals surface area contributed by atoms with E-state index in [2.05, 4.69) is 28.6 Å². The van der Waals surface area contributed by atoms with Crippen LogP contribution in [-0.2, 0) is 17.6 Å². The number of amides is 1. The topological polar surface area (TPSA) is 83.3 Å². The van der Waals surface area contributed by atoms with Crippen molar-refractivity contribution in [3.63, 3.8) is 0 Å². The van der Waals surface area contributed by atoms with Gasteiger partial charge in [0.1, 0.15) is 0 Å². The van der Waals surface area contributed by atoms with Gasteiger partial charge >= 0.3 is 0 Å². The second-order valence-corrected chi connectivity index (χ2v) is 10.9. The molecule has 1 amide bonds. The Morgan fingerprint density at radius 2 is 1.85 bits per heavy atom. The molecular weight excluding hydrogens is 506 g/mol. The van der Waals surface area contributed by atoms with Gasteiger partial charge in [-0.2, -0.15) is 0 Å². The average molecular weight is 548 g/mol. The number of allylic oxidation sites excluding steroid dienone is 2. The molecule has 1 aliphatic rings. The first kappa shape index (κ1) is 28.9. The Balaban J connectivity index is 1.15. The van der Waals surface area contributed by atoms with E-state index in [0.717, 1.165) is 78.1 Å². The molecule has 6 nitrogen and oxygen atoms in total. The first-order chi connectivity index (χ1) is 19.0. The largest absolute Gasteiger partial charge is 0.398 e. The van der Waals surface area contributed by atoms with Crippen molar-refractivity contribution in [1.82, 2.24) is 15.2 Å². The van der Waals surface area contributed by atoms with E-state index in [1.54, 1.807) is 0 Å². The number of nitrogens with zero attached hydrogens (tertiary/aromatic N) is 2. The Labute approximate surface area is 238 Å². The van der Waals surface area contributed by atoms with Gasteiger partial charge in [0.25, 0.3) is 0 Å². The van der Waals surface area contributed by atoms with Crippen LogP contribution in [0.5, 0.6) is 0 Å². The number of rotatable bonds is 13. The summed E-state index contributed by atoms with van der Waals surface area (Å²) in [5.41, 5.74) is 13.8. The predicted octanol–water partition coefficient (Wildman–Crippen LogP) is 6.47. The van der Waals surface area contributed by atoms with Gasteiger partial charge in [0.05, 0.1) is 5.52 Å². The Hall–Kier alpha value is -3.09. The number of nitrogens with two attached hydrogens (primary N) is 1. The quantitative estimate of drug-likeness (QED) is 0.169. The molecule has 0 atom stereocenters. The number of aromatic nitrogens is 1. The molecule has 3 aromatic rings. The number of halogens is 1. The van der Waals surface area contributed by atoms with E-state index in [9.17, 15) is 4.79 Å². The Morgan fingerprint density at radius 1 is 1.08 bits per heavy atom. The second kappa shape index (κ2) is 14.3. The van der Waals surface area contributed by atoms with Gasteiger partial charge in [-0.15, -0.1) is 0 Å². The van der Waals surface area contributed by atoms with E-state index >= 15 is 0 Å². The molecule has 0 saturated heterocycles. The first-order valence-corrected chi connectivity index (χ1v) is 14.6. The zero-order chi connectivity index (χ0) is 27.6. The number of carbonyl (C=O) groups is 1. The number of fused-ring (bicyclic) bond motifs is 2. The van der Waals surface area contributed by atoms with E-state index < -0.39 is 0 Å². The molecule has 1 aromatic heterocycles. The number of benzene rings is 2. The SMILES string of the molecule is C/C=C(/CCC(=O)NCCCN(C)CCCNc1c2c(nc3cc(Cl)ccc13)CCCC2)c1ccccc1N. The summed E-state index contributed by atoms with van der Waals surface area (Å²) in [6.07, 6.45) is 9.74. The molecule has 1 aliphatic carbocycles. The van der Waals surface area contributed by atoms with Gasteiger partial charge in [0.2, 0.25) is 5.91 Å². The molecule has 0 fully saturated rings. The molecule has 0 saturated carbocycles. The summed E-state index contributed by atoms with van der Waals surface area (Å²) >= 11 is 6.25. The molecule has 4 N–H and O–H groups in total. The standard InChI is InChI=1S/C32H42ClN5O/c1-3-23(25-10-4-6-12-28(25)34)14-17-31(39)35-18-8-20-38(2)21-9-19-36-32-26-11-5-7-13-29(26)37-30-22-24(33)15-16-27(30)32/h3-4,6,10,12,15-16,22H,5,7-9,11,13-14,17-21,34H2,1-2H3,(H,35,39)(H,36,37)/b23-3-. The van der Waals surface area contributed by atoms with Crippen LogP contribution in [0.3, 0.4) is 0 Å². The van der Waals surface area contributed by atoms with Crippen molar-refractivity contribution in [1.29, 1.82) is 0 Å². The lowest BCUT2D eigenvalue weighted by atomic mass is 9.92. The van der Waals surface area contributed by atoms with Gasteiger partial charge in [-0.25, -0.2) is 0 Å². The lowest BCUT2D eigenvalue weighted by molar-refractivity contribution is -0.120. The number of aryl methyl sites for hydroxylation is 1. The summed E-state index contributed by atoms with van der Waals surface area (Å²) in [7, 11) is 2.15. The third kappa shape index (κ3) is 7.96. The fourth-order valence-electron chi connectivity index (χ4n) is 5.41. The normalized spacial score (nSPS) is 13.5. The van der Waals surface area contributed by atoms with E-state index in [-0.39, 0.29) is 5.91 Å². The van der Waals surface area contributed by atoms with Crippen molar-refractivity contribution in [2.75, 3.05) is 44.3 Å². The van der Waals surface area contributed by atoms with Crippen LogP contribution in [0.4, 0.5) is 11.4 Å². The second-order valence-electron chi connectivity index (χ2n) is 10.5. The van der Waals surface area contributed by atoms with Crippen molar-refractivity contribution in [2.24, 2.45) is 0 Å². The summed E-state index contributed by atoms with van der Waals surface area (Å²) in [5.74, 6) is 0.0879. The van der Waals surface area contributed by atoms with Crippen LogP contribution in [0.2, 0.25) is 5.02 Å². The van der Waals surface area contributed by atoms with Gasteiger partial charge in [0.15, 0.2) is 0 Å². The van der Waals surface area contributed by atoms with Gasteiger partial charge in [-0.3, -0.25) is 9.78 Å². The van der Waals surface area contributed by atoms with Gasteiger partial charge < -0.3 is 21.3 Å². The molecule has 0 aliphatic heterocycles. The fraction of sp³-hybridized carbons (Fsp3) is 0.438. The number of anilines is 2. The number of nitrogens with one attached hydrogen (secondary N) is 2. The monoisotopic (exact) mass is 547 g/mol. The number of hydrogen-bond donors (Lipinski definition) is 3. The Kier molecular flexibility index (Phi) is 10.6. The molecule has 0 radical (unpaired) electrons. The Morgan fingerprint density at radius 3 is 2.64 bits per heavy atom. The number of para-hydroxylation sites is 1. The van der Waals surface area contributed by atoms with Crippen LogP contribution in [-0.4, -0.2) is 49.0 Å². The minimum Gasteiger partial charge on any atom is -0.398 e. The number of hydrogen-bond acceptors (Lipinski definition) is 5. The third-order valence-corrected chi connectivity index (χ3v) is 7.79. The minimum absolute atomic E-state index is 0.0879. The predicted molar refractivity (Wildman–Crippen MR) is 165 cm³/mol. The molecule has 4 rings (SSSR count). The molecule has 7 heteroatoms. The highest BCUT2D eigenvalue weighted by Gasteiger charge is 2.18. The third-order valence-electron chi connectivity index (χ3n) is 7.56.